The highest BCUT2D eigenvalue weighted by molar-refractivity contribution is 5.91. The molecule has 0 aliphatic carbocycles. The van der Waals surface area contributed by atoms with Gasteiger partial charge in [0.25, 0.3) is 0 Å². The van der Waals surface area contributed by atoms with Crippen LogP contribution in [-0.2, 0) is 9.59 Å². The normalized spacial score (nSPS) is 20.0. The first-order chi connectivity index (χ1) is 16.0. The summed E-state index contributed by atoms with van der Waals surface area (Å²) in [5.74, 6) is 0.657. The fourth-order valence-corrected chi connectivity index (χ4v) is 4.29. The van der Waals surface area contributed by atoms with Crippen LogP contribution in [0.1, 0.15) is 31.0 Å². The molecule has 0 spiro atoms. The fourth-order valence-electron chi connectivity index (χ4n) is 4.29. The Kier molecular flexibility index (Phi) is 5.68. The van der Waals surface area contributed by atoms with Gasteiger partial charge in [-0.05, 0) is 43.2 Å². The highest BCUT2D eigenvalue weighted by Crippen LogP contribution is 2.30. The average molecular weight is 446 g/mol. The quantitative estimate of drug-likeness (QED) is 0.625. The number of nitrogens with zero attached hydrogens (tertiary/aromatic N) is 4. The number of aromatic nitrogens is 3. The molecule has 5 rings (SSSR count). The van der Waals surface area contributed by atoms with E-state index >= 15 is 0 Å². The van der Waals surface area contributed by atoms with Crippen LogP contribution < -0.4 is 10.6 Å². The minimum atomic E-state index is -0.439. The van der Waals surface area contributed by atoms with Crippen LogP contribution in [0, 0.1) is 5.82 Å². The number of hydrogen-bond acceptors (Lipinski definition) is 6. The molecule has 2 aliphatic rings. The van der Waals surface area contributed by atoms with Crippen LogP contribution >= 0.6 is 0 Å². The Bertz CT molecular complexity index is 1190. The average Bonchev–Trinajstić information content (AvgIpc) is 3.49. The predicted molar refractivity (Wildman–Crippen MR) is 120 cm³/mol. The maximum atomic E-state index is 13.7. The molecule has 168 valence electrons. The van der Waals surface area contributed by atoms with E-state index < -0.39 is 6.04 Å². The van der Waals surface area contributed by atoms with E-state index in [-0.39, 0.29) is 23.5 Å². The minimum Gasteiger partial charge on any atom is -0.344 e. The van der Waals surface area contributed by atoms with Crippen molar-refractivity contribution in [2.24, 2.45) is 0 Å². The standard InChI is InChI=1S/C24H23FN6O2/c25-17-2-1-3-18(12-17)27-21-13-20(15-6-9-26-10-7-15)29-23(30-21)16-8-11-31(14-16)24(33)19-4-5-22(32)28-19/h1-3,6-7,9-10,12-13,16,19H,4-5,8,11,14H2,(H,28,32)(H,27,29,30)/t16-,19-/m1/s1. The number of anilines is 2. The number of likely N-dealkylation sites (tertiary alicyclic amines) is 1. The maximum absolute atomic E-state index is 13.7. The monoisotopic (exact) mass is 446 g/mol. The molecule has 0 bridgehead atoms. The predicted octanol–water partition coefficient (Wildman–Crippen LogP) is 3.02. The third-order valence-electron chi connectivity index (χ3n) is 5.98. The topological polar surface area (TPSA) is 100 Å². The molecule has 3 aromatic rings. The van der Waals surface area contributed by atoms with Crippen molar-refractivity contribution in [2.75, 3.05) is 18.4 Å². The Hall–Kier alpha value is -3.88. The second-order valence-corrected chi connectivity index (χ2v) is 8.30. The van der Waals surface area contributed by atoms with Crippen LogP contribution in [0.3, 0.4) is 0 Å². The van der Waals surface area contributed by atoms with E-state index in [4.69, 9.17) is 9.97 Å². The first kappa shape index (κ1) is 21.0. The van der Waals surface area contributed by atoms with Crippen molar-refractivity contribution in [1.29, 1.82) is 0 Å². The summed E-state index contributed by atoms with van der Waals surface area (Å²) in [6.07, 6.45) is 5.05. The lowest BCUT2D eigenvalue weighted by molar-refractivity contribution is -0.133. The third kappa shape index (κ3) is 4.67. The summed E-state index contributed by atoms with van der Waals surface area (Å²) in [4.78, 5) is 39.7. The fraction of sp³-hybridized carbons (Fsp3) is 0.292. The van der Waals surface area contributed by atoms with Gasteiger partial charge >= 0.3 is 0 Å². The van der Waals surface area contributed by atoms with Gasteiger partial charge in [-0.3, -0.25) is 14.6 Å². The molecule has 2 fully saturated rings. The summed E-state index contributed by atoms with van der Waals surface area (Å²) in [7, 11) is 0. The van der Waals surface area contributed by atoms with Crippen molar-refractivity contribution in [3.63, 3.8) is 0 Å². The molecule has 0 radical (unpaired) electrons. The number of hydrogen-bond donors (Lipinski definition) is 2. The summed E-state index contributed by atoms with van der Waals surface area (Å²) in [6.45, 7) is 1.08. The lowest BCUT2D eigenvalue weighted by Crippen LogP contribution is -2.43. The summed E-state index contributed by atoms with van der Waals surface area (Å²) in [5, 5.41) is 5.92. The first-order valence-corrected chi connectivity index (χ1v) is 11.0. The summed E-state index contributed by atoms with van der Waals surface area (Å²) >= 11 is 0. The van der Waals surface area contributed by atoms with Gasteiger partial charge in [0.15, 0.2) is 0 Å². The van der Waals surface area contributed by atoms with E-state index in [9.17, 15) is 14.0 Å². The highest BCUT2D eigenvalue weighted by Gasteiger charge is 2.36. The second-order valence-electron chi connectivity index (χ2n) is 8.30. The minimum absolute atomic E-state index is 0.0408. The van der Waals surface area contributed by atoms with E-state index in [0.29, 0.717) is 49.0 Å². The summed E-state index contributed by atoms with van der Waals surface area (Å²) < 4.78 is 13.7. The SMILES string of the molecule is O=C1CC[C@H](C(=O)N2CC[C@@H](c3nc(Nc4cccc(F)c4)cc(-c4ccncc4)n3)C2)N1. The van der Waals surface area contributed by atoms with Gasteiger partial charge in [0.2, 0.25) is 11.8 Å². The Morgan fingerprint density at radius 1 is 1.12 bits per heavy atom. The molecular weight excluding hydrogens is 423 g/mol. The lowest BCUT2D eigenvalue weighted by atomic mass is 10.1. The zero-order valence-electron chi connectivity index (χ0n) is 17.9. The number of carbonyl (C=O) groups is 2. The van der Waals surface area contributed by atoms with Crippen molar-refractivity contribution < 1.29 is 14.0 Å². The van der Waals surface area contributed by atoms with Crippen LogP contribution in [-0.4, -0.2) is 50.8 Å². The number of pyridine rings is 1. The first-order valence-electron chi connectivity index (χ1n) is 11.0. The van der Waals surface area contributed by atoms with Gasteiger partial charge in [-0.1, -0.05) is 6.07 Å². The van der Waals surface area contributed by atoms with E-state index in [1.807, 2.05) is 18.2 Å². The molecule has 2 aliphatic heterocycles. The maximum Gasteiger partial charge on any atom is 0.245 e. The van der Waals surface area contributed by atoms with E-state index in [1.54, 1.807) is 29.4 Å². The van der Waals surface area contributed by atoms with Gasteiger partial charge < -0.3 is 15.5 Å². The van der Waals surface area contributed by atoms with E-state index in [2.05, 4.69) is 15.6 Å². The third-order valence-corrected chi connectivity index (χ3v) is 5.98. The summed E-state index contributed by atoms with van der Waals surface area (Å²) in [6, 6.07) is 11.3. The Morgan fingerprint density at radius 2 is 1.97 bits per heavy atom. The van der Waals surface area contributed by atoms with Crippen LogP contribution in [0.15, 0.2) is 54.9 Å². The molecule has 1 aromatic carbocycles. The molecule has 0 unspecified atom stereocenters. The van der Waals surface area contributed by atoms with E-state index in [0.717, 1.165) is 12.0 Å². The molecule has 2 atom stereocenters. The molecular formula is C24H23FN6O2. The zero-order chi connectivity index (χ0) is 22.8. The molecule has 8 nitrogen and oxygen atoms in total. The molecule has 2 aromatic heterocycles. The number of nitrogens with one attached hydrogen (secondary N) is 2. The number of halogens is 1. The van der Waals surface area contributed by atoms with Crippen molar-refractivity contribution >= 4 is 23.3 Å². The van der Waals surface area contributed by atoms with Gasteiger partial charge in [0.05, 0.1) is 5.69 Å². The van der Waals surface area contributed by atoms with E-state index in [1.165, 1.54) is 12.1 Å². The van der Waals surface area contributed by atoms with Crippen molar-refractivity contribution in [1.82, 2.24) is 25.2 Å². The molecule has 9 heteroatoms. The van der Waals surface area contributed by atoms with Crippen molar-refractivity contribution in [3.05, 3.63) is 66.5 Å². The summed E-state index contributed by atoms with van der Waals surface area (Å²) in [5.41, 5.74) is 2.19. The smallest absolute Gasteiger partial charge is 0.245 e. The van der Waals surface area contributed by atoms with Gasteiger partial charge in [-0.15, -0.1) is 0 Å². The zero-order valence-corrected chi connectivity index (χ0v) is 17.9. The largest absolute Gasteiger partial charge is 0.344 e. The Morgan fingerprint density at radius 3 is 2.73 bits per heavy atom. The van der Waals surface area contributed by atoms with Gasteiger partial charge in [0.1, 0.15) is 23.5 Å². The lowest BCUT2D eigenvalue weighted by Gasteiger charge is -2.20. The molecule has 33 heavy (non-hydrogen) atoms. The van der Waals surface area contributed by atoms with Gasteiger partial charge in [-0.2, -0.15) is 0 Å². The number of amides is 2. The van der Waals surface area contributed by atoms with Crippen molar-refractivity contribution in [2.45, 2.75) is 31.2 Å². The van der Waals surface area contributed by atoms with Crippen LogP contribution in [0.4, 0.5) is 15.9 Å². The molecule has 2 amide bonds. The van der Waals surface area contributed by atoms with Gasteiger partial charge in [-0.25, -0.2) is 14.4 Å². The molecule has 2 saturated heterocycles. The number of rotatable bonds is 5. The molecule has 0 saturated carbocycles. The highest BCUT2D eigenvalue weighted by atomic mass is 19.1. The molecule has 2 N–H and O–H groups in total. The van der Waals surface area contributed by atoms with Crippen molar-refractivity contribution in [3.8, 4) is 11.3 Å². The Labute approximate surface area is 190 Å². The number of carbonyl (C=O) groups excluding carboxylic acids is 2. The number of benzene rings is 1. The van der Waals surface area contributed by atoms with Gasteiger partial charge in [0, 0.05) is 55.1 Å². The van der Waals surface area contributed by atoms with Crippen LogP contribution in [0.2, 0.25) is 0 Å². The van der Waals surface area contributed by atoms with Crippen LogP contribution in [0.25, 0.3) is 11.3 Å². The second kappa shape index (κ2) is 8.93. The van der Waals surface area contributed by atoms with Crippen LogP contribution in [0.5, 0.6) is 0 Å². The Balaban J connectivity index is 1.41. The molecule has 4 heterocycles.